The van der Waals surface area contributed by atoms with Crippen molar-refractivity contribution in [1.82, 2.24) is 5.32 Å². The summed E-state index contributed by atoms with van der Waals surface area (Å²) in [6.45, 7) is 3.31. The number of halogens is 2. The standard InChI is InChI=1S/C16H23BrFNO/c1-11(12-6-7-16(18)15(17)8-12)19-9-13-4-2-3-5-14(13)10-20/h6-8,11,13-14,19-20H,2-5,9-10H2,1H3. The van der Waals surface area contributed by atoms with Crippen LogP contribution in [-0.2, 0) is 0 Å². The lowest BCUT2D eigenvalue weighted by Crippen LogP contribution is -2.33. The number of rotatable bonds is 5. The number of hydrogen-bond donors (Lipinski definition) is 2. The molecule has 1 saturated carbocycles. The second-order valence-electron chi connectivity index (χ2n) is 5.79. The van der Waals surface area contributed by atoms with Gasteiger partial charge in [-0.05, 0) is 71.8 Å². The summed E-state index contributed by atoms with van der Waals surface area (Å²) in [5.74, 6) is 0.761. The molecule has 0 bridgehead atoms. The summed E-state index contributed by atoms with van der Waals surface area (Å²) in [6, 6.07) is 5.34. The average molecular weight is 344 g/mol. The van der Waals surface area contributed by atoms with E-state index in [0.29, 0.717) is 22.9 Å². The van der Waals surface area contributed by atoms with Gasteiger partial charge in [-0.25, -0.2) is 4.39 Å². The second kappa shape index (κ2) is 7.53. The Morgan fingerprint density at radius 3 is 2.70 bits per heavy atom. The Morgan fingerprint density at radius 2 is 2.05 bits per heavy atom. The second-order valence-corrected chi connectivity index (χ2v) is 6.65. The van der Waals surface area contributed by atoms with Gasteiger partial charge in [0, 0.05) is 12.6 Å². The normalized spacial score (nSPS) is 24.6. The smallest absolute Gasteiger partial charge is 0.137 e. The Balaban J connectivity index is 1.90. The molecular formula is C16H23BrFNO. The summed E-state index contributed by atoms with van der Waals surface area (Å²) in [6.07, 6.45) is 4.83. The fourth-order valence-corrected chi connectivity index (χ4v) is 3.42. The van der Waals surface area contributed by atoms with Gasteiger partial charge < -0.3 is 10.4 Å². The van der Waals surface area contributed by atoms with Crippen molar-refractivity contribution >= 4 is 15.9 Å². The number of aliphatic hydroxyl groups is 1. The predicted octanol–water partition coefficient (Wildman–Crippen LogP) is 4.04. The molecule has 1 aromatic rings. The number of benzene rings is 1. The Labute approximate surface area is 128 Å². The third-order valence-electron chi connectivity index (χ3n) is 4.43. The molecule has 0 aliphatic heterocycles. The summed E-state index contributed by atoms with van der Waals surface area (Å²) in [7, 11) is 0. The Morgan fingerprint density at radius 1 is 1.35 bits per heavy atom. The third kappa shape index (κ3) is 4.03. The van der Waals surface area contributed by atoms with Gasteiger partial charge in [-0.3, -0.25) is 0 Å². The van der Waals surface area contributed by atoms with Crippen molar-refractivity contribution < 1.29 is 9.50 Å². The van der Waals surface area contributed by atoms with Crippen LogP contribution in [0.1, 0.15) is 44.2 Å². The summed E-state index contributed by atoms with van der Waals surface area (Å²) >= 11 is 3.23. The summed E-state index contributed by atoms with van der Waals surface area (Å²) in [5, 5.41) is 13.0. The maximum Gasteiger partial charge on any atom is 0.137 e. The van der Waals surface area contributed by atoms with E-state index in [2.05, 4.69) is 28.2 Å². The largest absolute Gasteiger partial charge is 0.396 e. The van der Waals surface area contributed by atoms with Crippen LogP contribution in [-0.4, -0.2) is 18.3 Å². The lowest BCUT2D eigenvalue weighted by atomic mass is 9.79. The highest BCUT2D eigenvalue weighted by molar-refractivity contribution is 9.10. The molecule has 0 heterocycles. The van der Waals surface area contributed by atoms with Crippen molar-refractivity contribution in [3.05, 3.63) is 34.1 Å². The van der Waals surface area contributed by atoms with E-state index in [1.54, 1.807) is 0 Å². The first-order valence-electron chi connectivity index (χ1n) is 7.41. The van der Waals surface area contributed by atoms with Gasteiger partial charge in [0.05, 0.1) is 4.47 Å². The zero-order chi connectivity index (χ0) is 14.5. The van der Waals surface area contributed by atoms with Gasteiger partial charge in [-0.2, -0.15) is 0 Å². The van der Waals surface area contributed by atoms with E-state index < -0.39 is 0 Å². The van der Waals surface area contributed by atoms with Crippen LogP contribution in [0.3, 0.4) is 0 Å². The van der Waals surface area contributed by atoms with Crippen molar-refractivity contribution in [3.8, 4) is 0 Å². The van der Waals surface area contributed by atoms with Crippen LogP contribution in [0.15, 0.2) is 22.7 Å². The Hall–Kier alpha value is -0.450. The number of hydrogen-bond acceptors (Lipinski definition) is 2. The van der Waals surface area contributed by atoms with Gasteiger partial charge in [0.25, 0.3) is 0 Å². The molecule has 1 aliphatic rings. The first kappa shape index (κ1) is 15.9. The molecule has 4 heteroatoms. The summed E-state index contributed by atoms with van der Waals surface area (Å²) < 4.78 is 13.7. The highest BCUT2D eigenvalue weighted by Gasteiger charge is 2.24. The molecule has 0 aromatic heterocycles. The van der Waals surface area contributed by atoms with Crippen molar-refractivity contribution in [3.63, 3.8) is 0 Å². The van der Waals surface area contributed by atoms with E-state index >= 15 is 0 Å². The molecule has 0 spiro atoms. The molecular weight excluding hydrogens is 321 g/mol. The molecule has 20 heavy (non-hydrogen) atoms. The lowest BCUT2D eigenvalue weighted by Gasteiger charge is -2.31. The minimum Gasteiger partial charge on any atom is -0.396 e. The van der Waals surface area contributed by atoms with Crippen LogP contribution < -0.4 is 5.32 Å². The fourth-order valence-electron chi connectivity index (χ4n) is 3.02. The van der Waals surface area contributed by atoms with E-state index in [0.717, 1.165) is 18.5 Å². The van der Waals surface area contributed by atoms with E-state index in [1.165, 1.54) is 25.3 Å². The molecule has 1 fully saturated rings. The minimum absolute atomic E-state index is 0.188. The Bertz CT molecular complexity index is 440. The van der Waals surface area contributed by atoms with Crippen molar-refractivity contribution in [2.45, 2.75) is 38.6 Å². The zero-order valence-corrected chi connectivity index (χ0v) is 13.5. The van der Waals surface area contributed by atoms with Crippen molar-refractivity contribution in [2.75, 3.05) is 13.2 Å². The molecule has 3 unspecified atom stereocenters. The summed E-state index contributed by atoms with van der Waals surface area (Å²) in [5.41, 5.74) is 1.08. The third-order valence-corrected chi connectivity index (χ3v) is 5.04. The maximum atomic E-state index is 13.2. The van der Waals surface area contributed by atoms with E-state index in [-0.39, 0.29) is 11.9 Å². The van der Waals surface area contributed by atoms with Gasteiger partial charge in [-0.15, -0.1) is 0 Å². The quantitative estimate of drug-likeness (QED) is 0.845. The number of nitrogens with one attached hydrogen (secondary N) is 1. The molecule has 1 aliphatic carbocycles. The Kier molecular flexibility index (Phi) is 6.00. The number of aliphatic hydroxyl groups excluding tert-OH is 1. The lowest BCUT2D eigenvalue weighted by molar-refractivity contribution is 0.131. The molecule has 0 saturated heterocycles. The van der Waals surface area contributed by atoms with Crippen LogP contribution >= 0.6 is 15.9 Å². The highest BCUT2D eigenvalue weighted by atomic mass is 79.9. The highest BCUT2D eigenvalue weighted by Crippen LogP contribution is 2.30. The monoisotopic (exact) mass is 343 g/mol. The van der Waals surface area contributed by atoms with E-state index in [9.17, 15) is 9.50 Å². The van der Waals surface area contributed by atoms with Gasteiger partial charge >= 0.3 is 0 Å². The molecule has 0 amide bonds. The van der Waals surface area contributed by atoms with Crippen LogP contribution in [0.4, 0.5) is 4.39 Å². The van der Waals surface area contributed by atoms with Gasteiger partial charge in [0.1, 0.15) is 5.82 Å². The molecule has 2 nitrogen and oxygen atoms in total. The molecule has 2 N–H and O–H groups in total. The maximum absolute atomic E-state index is 13.2. The van der Waals surface area contributed by atoms with Crippen molar-refractivity contribution in [1.29, 1.82) is 0 Å². The zero-order valence-electron chi connectivity index (χ0n) is 11.9. The molecule has 3 atom stereocenters. The first-order valence-corrected chi connectivity index (χ1v) is 8.20. The molecule has 2 rings (SSSR count). The fraction of sp³-hybridized carbons (Fsp3) is 0.625. The SMILES string of the molecule is CC(NCC1CCCCC1CO)c1ccc(F)c(Br)c1. The predicted molar refractivity (Wildman–Crippen MR) is 83.1 cm³/mol. The van der Waals surface area contributed by atoms with Gasteiger partial charge in [-0.1, -0.05) is 18.9 Å². The minimum atomic E-state index is -0.228. The van der Waals surface area contributed by atoms with E-state index in [4.69, 9.17) is 0 Å². The first-order chi connectivity index (χ1) is 9.61. The van der Waals surface area contributed by atoms with Gasteiger partial charge in [0.15, 0.2) is 0 Å². The molecule has 112 valence electrons. The average Bonchev–Trinajstić information content (AvgIpc) is 2.47. The molecule has 1 aromatic carbocycles. The van der Waals surface area contributed by atoms with E-state index in [1.807, 2.05) is 12.1 Å². The van der Waals surface area contributed by atoms with Crippen LogP contribution in [0.2, 0.25) is 0 Å². The van der Waals surface area contributed by atoms with Crippen molar-refractivity contribution in [2.24, 2.45) is 11.8 Å². The van der Waals surface area contributed by atoms with Gasteiger partial charge in [0.2, 0.25) is 0 Å². The topological polar surface area (TPSA) is 32.3 Å². The van der Waals surface area contributed by atoms with Crippen LogP contribution in [0.5, 0.6) is 0 Å². The molecule has 0 radical (unpaired) electrons. The summed E-state index contributed by atoms with van der Waals surface area (Å²) in [4.78, 5) is 0. The van der Waals surface area contributed by atoms with Crippen LogP contribution in [0.25, 0.3) is 0 Å². The van der Waals surface area contributed by atoms with Crippen LogP contribution in [0, 0.1) is 17.7 Å².